The maximum atomic E-state index is 15.3. The molecule has 0 radical (unpaired) electrons. The fourth-order valence-corrected chi connectivity index (χ4v) is 10.2. The van der Waals surface area contributed by atoms with Crippen LogP contribution < -0.4 is 29.6 Å². The number of alkyl carbamates (subject to hydrolysis) is 1. The largest absolute Gasteiger partial charge is 0.497 e. The molecular formula is C47H57F4N5O10S. The summed E-state index contributed by atoms with van der Waals surface area (Å²) in [7, 11) is -2.51. The minimum atomic E-state index is -4.83. The number of fused-ring (bicyclic) bond motifs is 3. The normalized spacial score (nSPS) is 26.3. The van der Waals surface area contributed by atoms with Gasteiger partial charge in [-0.15, -0.1) is 0 Å². The van der Waals surface area contributed by atoms with Crippen molar-refractivity contribution < 1.29 is 64.1 Å². The smallest absolute Gasteiger partial charge is 0.425 e. The van der Waals surface area contributed by atoms with Crippen molar-refractivity contribution in [3.8, 4) is 28.6 Å². The van der Waals surface area contributed by atoms with Crippen molar-refractivity contribution in [2.45, 2.75) is 121 Å². The van der Waals surface area contributed by atoms with Crippen molar-refractivity contribution in [2.24, 2.45) is 23.7 Å². The van der Waals surface area contributed by atoms with E-state index < -0.39 is 99.2 Å². The number of carbonyl (C=O) groups is 4. The fourth-order valence-electron chi connectivity index (χ4n) is 8.84. The Morgan fingerprint density at radius 3 is 2.45 bits per heavy atom. The van der Waals surface area contributed by atoms with Crippen LogP contribution in [0.3, 0.4) is 0 Å². The lowest BCUT2D eigenvalue weighted by Crippen LogP contribution is -2.57. The summed E-state index contributed by atoms with van der Waals surface area (Å²) in [6.07, 6.45) is -3.80. The first-order valence-electron chi connectivity index (χ1n) is 22.6. The number of hydrogen-bond acceptors (Lipinski definition) is 11. The number of carbonyl (C=O) groups excluding carboxylic acids is 4. The Balaban J connectivity index is 1.25. The molecule has 2 aliphatic carbocycles. The molecule has 7 rings (SSSR count). The van der Waals surface area contributed by atoms with E-state index >= 15 is 9.18 Å². The first-order chi connectivity index (χ1) is 31.6. The van der Waals surface area contributed by atoms with E-state index in [1.165, 1.54) is 24.1 Å². The average molecular weight is 960 g/mol. The zero-order valence-electron chi connectivity index (χ0n) is 38.2. The summed E-state index contributed by atoms with van der Waals surface area (Å²) in [5, 5.41) is 5.56. The monoisotopic (exact) mass is 959 g/mol. The molecule has 8 atom stereocenters. The first kappa shape index (κ1) is 49.3. The molecule has 1 saturated heterocycles. The number of pyridine rings is 1. The number of nitrogens with one attached hydrogen (secondary N) is 3. The second-order valence-electron chi connectivity index (χ2n) is 18.5. The van der Waals surface area contributed by atoms with Crippen LogP contribution in [0.1, 0.15) is 79.6 Å². The lowest BCUT2D eigenvalue weighted by atomic mass is 9.83. The van der Waals surface area contributed by atoms with E-state index in [9.17, 15) is 36.0 Å². The summed E-state index contributed by atoms with van der Waals surface area (Å²) in [5.74, 6) is -4.37. The van der Waals surface area contributed by atoms with Gasteiger partial charge in [-0.2, -0.15) is 13.2 Å². The van der Waals surface area contributed by atoms with Gasteiger partial charge in [0.25, 0.3) is 5.91 Å². The van der Waals surface area contributed by atoms with E-state index in [-0.39, 0.29) is 43.0 Å². The third kappa shape index (κ3) is 11.4. The minimum Gasteiger partial charge on any atom is -0.497 e. The fraction of sp³-hybridized carbons (Fsp3) is 0.553. The summed E-state index contributed by atoms with van der Waals surface area (Å²) in [6.45, 7) is 7.33. The number of alkyl halides is 3. The SMILES string of the molecule is COc1ccc2c(OC3CC4C(=O)NC5(C(=O)NS(=O)(=O)C6CC6)CC5C=CCCC(C)CC(C)C(CNC(=O)OC(C)C(F)(F)F)C(=O)N4C3)nc(-c3ccc(OC(C)C)c(F)c3)cc2c1. The van der Waals surface area contributed by atoms with Crippen LogP contribution in [-0.4, -0.2) is 104 Å². The highest BCUT2D eigenvalue weighted by Crippen LogP contribution is 2.46. The number of aromatic nitrogens is 1. The molecule has 0 spiro atoms. The zero-order chi connectivity index (χ0) is 48.6. The van der Waals surface area contributed by atoms with Crippen molar-refractivity contribution in [3.63, 3.8) is 0 Å². The molecule has 0 bridgehead atoms. The van der Waals surface area contributed by atoms with Crippen molar-refractivity contribution in [3.05, 3.63) is 60.4 Å². The highest BCUT2D eigenvalue weighted by atomic mass is 32.2. The number of ether oxygens (including phenoxy) is 4. The maximum absolute atomic E-state index is 15.3. The number of rotatable bonds is 12. The molecule has 364 valence electrons. The van der Waals surface area contributed by atoms with Crippen molar-refractivity contribution >= 4 is 44.6 Å². The number of allylic oxidation sites excluding steroid dienone is 1. The highest BCUT2D eigenvalue weighted by molar-refractivity contribution is 7.91. The van der Waals surface area contributed by atoms with E-state index in [4.69, 9.17) is 19.2 Å². The van der Waals surface area contributed by atoms with Crippen LogP contribution >= 0.6 is 0 Å². The molecule has 8 unspecified atom stereocenters. The Bertz CT molecular complexity index is 2520. The van der Waals surface area contributed by atoms with E-state index in [1.807, 2.05) is 13.0 Å². The number of nitrogens with zero attached hydrogens (tertiary/aromatic N) is 2. The van der Waals surface area contributed by atoms with Crippen LogP contribution in [0, 0.1) is 29.5 Å². The molecule has 3 fully saturated rings. The summed E-state index contributed by atoms with van der Waals surface area (Å²) < 4.78 is 106. The molecule has 20 heteroatoms. The van der Waals surface area contributed by atoms with Gasteiger partial charge in [0.1, 0.15) is 23.4 Å². The van der Waals surface area contributed by atoms with Crippen molar-refractivity contribution in [2.75, 3.05) is 20.2 Å². The van der Waals surface area contributed by atoms with Crippen LogP contribution in [0.4, 0.5) is 22.4 Å². The number of halogens is 4. The number of amides is 4. The summed E-state index contributed by atoms with van der Waals surface area (Å²) in [4.78, 5) is 62.5. The van der Waals surface area contributed by atoms with Crippen LogP contribution in [0.25, 0.3) is 22.0 Å². The van der Waals surface area contributed by atoms with Gasteiger partial charge in [0.15, 0.2) is 17.7 Å². The standard InChI is InChI=1S/C47H57F4N5O10S/c1-25(2)64-40-16-11-29(19-37(40)48)38-20-30-18-32(63-6)12-15-35(30)42(53-38)66-33-21-39-41(57)54-46(44(59)55-67(61,62)34-13-14-34)22-31(46)10-8-7-9-26(3)17-27(4)36(43(58)56(39)24-33)23-52-45(60)65-28(5)47(49,50)51/h8,10-12,15-16,18-20,25-28,31,33-34,36,39H,7,9,13-14,17,21-24H2,1-6H3,(H,52,60)(H,54,57)(H,55,59). The minimum absolute atomic E-state index is 0.0103. The van der Waals surface area contributed by atoms with Gasteiger partial charge >= 0.3 is 12.3 Å². The number of benzene rings is 2. The highest BCUT2D eigenvalue weighted by Gasteiger charge is 2.62. The quantitative estimate of drug-likeness (QED) is 0.126. The molecule has 3 N–H and O–H groups in total. The van der Waals surface area contributed by atoms with Crippen LogP contribution in [0.15, 0.2) is 54.6 Å². The van der Waals surface area contributed by atoms with Gasteiger partial charge in [-0.3, -0.25) is 19.1 Å². The molecule has 67 heavy (non-hydrogen) atoms. The lowest BCUT2D eigenvalue weighted by molar-refractivity contribution is -0.197. The Labute approximate surface area is 386 Å². The topological polar surface area (TPSA) is 192 Å². The third-order valence-corrected chi connectivity index (χ3v) is 14.7. The molecule has 2 aliphatic heterocycles. The van der Waals surface area contributed by atoms with Gasteiger partial charge in [-0.05, 0) is 119 Å². The number of sulfonamides is 1. The van der Waals surface area contributed by atoms with Gasteiger partial charge in [-0.1, -0.05) is 26.0 Å². The van der Waals surface area contributed by atoms with E-state index in [1.54, 1.807) is 57.2 Å². The molecule has 2 aromatic carbocycles. The summed E-state index contributed by atoms with van der Waals surface area (Å²) in [6, 6.07) is 9.98. The second-order valence-corrected chi connectivity index (χ2v) is 20.5. The van der Waals surface area contributed by atoms with Crippen molar-refractivity contribution in [1.29, 1.82) is 0 Å². The molecule has 2 saturated carbocycles. The Morgan fingerprint density at radius 2 is 1.78 bits per heavy atom. The predicted molar refractivity (Wildman–Crippen MR) is 238 cm³/mol. The second kappa shape index (κ2) is 19.5. The molecule has 1 aromatic heterocycles. The van der Waals surface area contributed by atoms with E-state index in [2.05, 4.69) is 20.1 Å². The lowest BCUT2D eigenvalue weighted by Gasteiger charge is -2.32. The summed E-state index contributed by atoms with van der Waals surface area (Å²) in [5.41, 5.74) is -0.952. The molecular weight excluding hydrogens is 903 g/mol. The van der Waals surface area contributed by atoms with Gasteiger partial charge in [-0.25, -0.2) is 22.6 Å². The zero-order valence-corrected chi connectivity index (χ0v) is 39.0. The van der Waals surface area contributed by atoms with E-state index in [0.29, 0.717) is 66.8 Å². The predicted octanol–water partition coefficient (Wildman–Crippen LogP) is 6.97. The van der Waals surface area contributed by atoms with Crippen LogP contribution in [0.5, 0.6) is 17.4 Å². The number of methoxy groups -OCH3 is 1. The van der Waals surface area contributed by atoms with Crippen LogP contribution in [0.2, 0.25) is 0 Å². The van der Waals surface area contributed by atoms with Gasteiger partial charge in [0.2, 0.25) is 27.7 Å². The van der Waals surface area contributed by atoms with Gasteiger partial charge < -0.3 is 34.5 Å². The maximum Gasteiger partial charge on any atom is 0.425 e. The molecule has 3 aromatic rings. The number of hydrogen-bond donors (Lipinski definition) is 3. The van der Waals surface area contributed by atoms with Crippen LogP contribution in [-0.2, 0) is 29.1 Å². The Hall–Kier alpha value is -5.66. The van der Waals surface area contributed by atoms with Gasteiger partial charge in [0, 0.05) is 29.8 Å². The molecule has 4 aliphatic rings. The van der Waals surface area contributed by atoms with Gasteiger partial charge in [0.05, 0.1) is 36.6 Å². The first-order valence-corrected chi connectivity index (χ1v) is 24.1. The molecule has 3 heterocycles. The third-order valence-electron chi connectivity index (χ3n) is 12.9. The molecule has 15 nitrogen and oxygen atoms in total. The summed E-state index contributed by atoms with van der Waals surface area (Å²) >= 11 is 0. The van der Waals surface area contributed by atoms with Crippen molar-refractivity contribution in [1.82, 2.24) is 25.2 Å². The molecule has 4 amide bonds. The Kier molecular flexibility index (Phi) is 14.3. The van der Waals surface area contributed by atoms with E-state index in [0.717, 1.165) is 0 Å². The Morgan fingerprint density at radius 1 is 1.03 bits per heavy atom. The average Bonchev–Trinajstić information content (AvgIpc) is 4.19.